The van der Waals surface area contributed by atoms with Gasteiger partial charge in [-0.05, 0) is 31.0 Å². The number of thioether (sulfide) groups is 1. The van der Waals surface area contributed by atoms with Crippen molar-refractivity contribution < 1.29 is 4.79 Å². The number of carbonyl (C=O) groups is 1. The molecule has 0 spiro atoms. The smallest absolute Gasteiger partial charge is 0.237 e. The Hall–Kier alpha value is -2.12. The van der Waals surface area contributed by atoms with E-state index in [1.807, 2.05) is 29.6 Å². The minimum atomic E-state index is 0.129. The van der Waals surface area contributed by atoms with Gasteiger partial charge in [0.1, 0.15) is 0 Å². The summed E-state index contributed by atoms with van der Waals surface area (Å²) in [7, 11) is 1.94. The third-order valence-corrected chi connectivity index (χ3v) is 6.11. The fourth-order valence-corrected chi connectivity index (χ4v) is 4.44. The van der Waals surface area contributed by atoms with Crippen molar-refractivity contribution in [2.75, 3.05) is 17.2 Å². The van der Waals surface area contributed by atoms with Crippen molar-refractivity contribution in [2.24, 2.45) is 7.05 Å². The second-order valence-corrected chi connectivity index (χ2v) is 8.00. The molecule has 0 atom stereocenters. The summed E-state index contributed by atoms with van der Waals surface area (Å²) in [5.74, 6) is 0.529. The fraction of sp³-hybridized carbons (Fsp3) is 0.278. The van der Waals surface area contributed by atoms with Gasteiger partial charge in [0.25, 0.3) is 0 Å². The van der Waals surface area contributed by atoms with Crippen molar-refractivity contribution in [3.05, 3.63) is 46.5 Å². The molecule has 4 rings (SSSR count). The van der Waals surface area contributed by atoms with Crippen LogP contribution in [0.4, 0.5) is 5.69 Å². The lowest BCUT2D eigenvalue weighted by Crippen LogP contribution is -2.30. The lowest BCUT2D eigenvalue weighted by atomic mass is 10.1. The molecule has 1 aromatic carbocycles. The van der Waals surface area contributed by atoms with Crippen molar-refractivity contribution in [3.8, 4) is 11.3 Å². The van der Waals surface area contributed by atoms with Gasteiger partial charge in [-0.2, -0.15) is 0 Å². The molecule has 0 saturated heterocycles. The van der Waals surface area contributed by atoms with Crippen LogP contribution in [0.1, 0.15) is 10.6 Å². The Kier molecular flexibility index (Phi) is 4.35. The first-order chi connectivity index (χ1) is 12.1. The summed E-state index contributed by atoms with van der Waals surface area (Å²) in [6.45, 7) is 2.76. The van der Waals surface area contributed by atoms with Gasteiger partial charge in [-0.3, -0.25) is 4.79 Å². The summed E-state index contributed by atoms with van der Waals surface area (Å²) in [6, 6.07) is 6.28. The molecule has 0 unspecified atom stereocenters. The lowest BCUT2D eigenvalue weighted by molar-refractivity contribution is -0.116. The quantitative estimate of drug-likeness (QED) is 0.659. The second kappa shape index (κ2) is 6.65. The summed E-state index contributed by atoms with van der Waals surface area (Å²) in [5, 5.41) is 4.01. The Morgan fingerprint density at radius 2 is 2.28 bits per heavy atom. The van der Waals surface area contributed by atoms with E-state index in [1.165, 1.54) is 17.3 Å². The summed E-state index contributed by atoms with van der Waals surface area (Å²) in [4.78, 5) is 23.3. The number of hydrogen-bond acceptors (Lipinski definition) is 5. The van der Waals surface area contributed by atoms with Crippen molar-refractivity contribution in [3.63, 3.8) is 0 Å². The first-order valence-corrected chi connectivity index (χ1v) is 9.94. The Balaban J connectivity index is 1.49. The average Bonchev–Trinajstić information content (AvgIpc) is 3.32. The number of rotatable bonds is 4. The maximum atomic E-state index is 12.6. The van der Waals surface area contributed by atoms with Crippen LogP contribution in [0.3, 0.4) is 0 Å². The first-order valence-electron chi connectivity index (χ1n) is 8.08. The SMILES string of the molecule is Cc1nc(-c2ccc3c(c2)CCN3C(=O)CSc2nccn2C)cs1. The van der Waals surface area contributed by atoms with Crippen molar-refractivity contribution in [1.29, 1.82) is 0 Å². The molecule has 0 fully saturated rings. The highest BCUT2D eigenvalue weighted by Gasteiger charge is 2.25. The lowest BCUT2D eigenvalue weighted by Gasteiger charge is -2.17. The highest BCUT2D eigenvalue weighted by Crippen LogP contribution is 2.33. The number of carbonyl (C=O) groups excluding carboxylic acids is 1. The predicted octanol–water partition coefficient (Wildman–Crippen LogP) is 3.53. The third-order valence-electron chi connectivity index (χ3n) is 4.29. The summed E-state index contributed by atoms with van der Waals surface area (Å²) in [5.41, 5.74) is 4.39. The zero-order chi connectivity index (χ0) is 17.4. The number of hydrogen-bond donors (Lipinski definition) is 0. The zero-order valence-electron chi connectivity index (χ0n) is 14.1. The van der Waals surface area contributed by atoms with Gasteiger partial charge < -0.3 is 9.47 Å². The molecule has 0 N–H and O–H groups in total. The van der Waals surface area contributed by atoms with Crippen LogP contribution in [-0.4, -0.2) is 32.7 Å². The normalized spacial score (nSPS) is 13.3. The Morgan fingerprint density at radius 1 is 1.40 bits per heavy atom. The standard InChI is InChI=1S/C18H18N4OS2/c1-12-20-15(10-24-12)13-3-4-16-14(9-13)5-7-22(16)17(23)11-25-18-19-6-8-21(18)2/h3-4,6,8-10H,5,7,11H2,1-2H3. The molecule has 128 valence electrons. The molecule has 0 aliphatic carbocycles. The van der Waals surface area contributed by atoms with Gasteiger partial charge >= 0.3 is 0 Å². The molecule has 0 radical (unpaired) electrons. The number of anilines is 1. The Bertz CT molecular complexity index is 931. The molecule has 1 amide bonds. The molecule has 7 heteroatoms. The van der Waals surface area contributed by atoms with Crippen LogP contribution < -0.4 is 4.90 Å². The van der Waals surface area contributed by atoms with Crippen LogP contribution in [0.2, 0.25) is 0 Å². The van der Waals surface area contributed by atoms with Crippen LogP contribution in [0.15, 0.2) is 41.1 Å². The van der Waals surface area contributed by atoms with Crippen molar-refractivity contribution in [2.45, 2.75) is 18.5 Å². The summed E-state index contributed by atoms with van der Waals surface area (Å²) in [6.07, 6.45) is 4.53. The monoisotopic (exact) mass is 370 g/mol. The van der Waals surface area contributed by atoms with E-state index in [0.29, 0.717) is 5.75 Å². The second-order valence-electron chi connectivity index (χ2n) is 6.00. The average molecular weight is 371 g/mol. The molecule has 0 saturated carbocycles. The van der Waals surface area contributed by atoms with E-state index in [9.17, 15) is 4.79 Å². The number of imidazole rings is 1. The Labute approximate surface area is 154 Å². The van der Waals surface area contributed by atoms with Gasteiger partial charge in [-0.25, -0.2) is 9.97 Å². The number of nitrogens with zero attached hydrogens (tertiary/aromatic N) is 4. The molecule has 3 heterocycles. The molecule has 0 bridgehead atoms. The van der Waals surface area contributed by atoms with E-state index in [1.54, 1.807) is 17.5 Å². The minimum absolute atomic E-state index is 0.129. The van der Waals surface area contributed by atoms with Crippen LogP contribution >= 0.6 is 23.1 Å². The number of aromatic nitrogens is 3. The van der Waals surface area contributed by atoms with Gasteiger partial charge in [0, 0.05) is 42.6 Å². The first kappa shape index (κ1) is 16.4. The van der Waals surface area contributed by atoms with E-state index < -0.39 is 0 Å². The van der Waals surface area contributed by atoms with Crippen LogP contribution in [0.25, 0.3) is 11.3 Å². The van der Waals surface area contributed by atoms with Crippen LogP contribution in [0, 0.1) is 6.92 Å². The zero-order valence-corrected chi connectivity index (χ0v) is 15.7. The molecular weight excluding hydrogens is 352 g/mol. The van der Waals surface area contributed by atoms with Crippen LogP contribution in [0.5, 0.6) is 0 Å². The Morgan fingerprint density at radius 3 is 3.00 bits per heavy atom. The molecule has 1 aliphatic rings. The van der Waals surface area contributed by atoms with Gasteiger partial charge in [-0.1, -0.05) is 17.8 Å². The van der Waals surface area contributed by atoms with E-state index in [4.69, 9.17) is 0 Å². The van der Waals surface area contributed by atoms with Gasteiger partial charge in [0.05, 0.1) is 16.5 Å². The highest BCUT2D eigenvalue weighted by molar-refractivity contribution is 7.99. The number of amides is 1. The molecular formula is C18H18N4OS2. The van der Waals surface area contributed by atoms with Gasteiger partial charge in [-0.15, -0.1) is 11.3 Å². The van der Waals surface area contributed by atoms with Crippen molar-refractivity contribution >= 4 is 34.7 Å². The topological polar surface area (TPSA) is 51.0 Å². The summed E-state index contributed by atoms with van der Waals surface area (Å²) < 4.78 is 1.93. The van der Waals surface area contributed by atoms with Gasteiger partial charge in [0.15, 0.2) is 5.16 Å². The number of thiazole rings is 1. The largest absolute Gasteiger partial charge is 0.329 e. The molecule has 1 aliphatic heterocycles. The molecule has 2 aromatic heterocycles. The van der Waals surface area contributed by atoms with E-state index in [2.05, 4.69) is 33.5 Å². The minimum Gasteiger partial charge on any atom is -0.329 e. The van der Waals surface area contributed by atoms with E-state index in [0.717, 1.165) is 40.1 Å². The molecule has 25 heavy (non-hydrogen) atoms. The van der Waals surface area contributed by atoms with E-state index >= 15 is 0 Å². The van der Waals surface area contributed by atoms with Crippen molar-refractivity contribution in [1.82, 2.24) is 14.5 Å². The maximum absolute atomic E-state index is 12.6. The molecule has 3 aromatic rings. The maximum Gasteiger partial charge on any atom is 0.237 e. The number of fused-ring (bicyclic) bond motifs is 1. The fourth-order valence-electron chi connectivity index (χ4n) is 3.01. The number of benzene rings is 1. The summed E-state index contributed by atoms with van der Waals surface area (Å²) >= 11 is 3.14. The number of aryl methyl sites for hydroxylation is 2. The molecule has 5 nitrogen and oxygen atoms in total. The van der Waals surface area contributed by atoms with Crippen LogP contribution in [-0.2, 0) is 18.3 Å². The highest BCUT2D eigenvalue weighted by atomic mass is 32.2. The predicted molar refractivity (Wildman–Crippen MR) is 102 cm³/mol. The van der Waals surface area contributed by atoms with E-state index in [-0.39, 0.29) is 5.91 Å². The third kappa shape index (κ3) is 3.21. The van der Waals surface area contributed by atoms with Gasteiger partial charge in [0.2, 0.25) is 5.91 Å².